The lowest BCUT2D eigenvalue weighted by atomic mass is 9.92. The lowest BCUT2D eigenvalue weighted by Crippen LogP contribution is -2.32. The third kappa shape index (κ3) is 9.69. The summed E-state index contributed by atoms with van der Waals surface area (Å²) in [5.74, 6) is 0.806. The number of allylic oxidation sites excluding steroid dienone is 7. The Hall–Kier alpha value is -2.13. The number of hydrogen-bond donors (Lipinski definition) is 0. The van der Waals surface area contributed by atoms with Crippen molar-refractivity contribution in [1.29, 1.82) is 0 Å². The molecule has 1 saturated heterocycles. The highest BCUT2D eigenvalue weighted by molar-refractivity contribution is 5.82. The lowest BCUT2D eigenvalue weighted by molar-refractivity contribution is -0.141. The fourth-order valence-electron chi connectivity index (χ4n) is 4.15. The second-order valence-electron chi connectivity index (χ2n) is 9.04. The molecule has 0 saturated carbocycles. The molecule has 0 bridgehead atoms. The maximum atomic E-state index is 11.3. The van der Waals surface area contributed by atoms with E-state index < -0.39 is 0 Å². The minimum absolute atomic E-state index is 0.146. The van der Waals surface area contributed by atoms with Crippen LogP contribution in [0.3, 0.4) is 0 Å². The molecule has 5 atom stereocenters. The normalized spacial score (nSPS) is 29.3. The van der Waals surface area contributed by atoms with Gasteiger partial charge in [-0.25, -0.2) is 4.79 Å². The minimum Gasteiger partial charge on any atom is -0.455 e. The van der Waals surface area contributed by atoms with E-state index in [1.807, 2.05) is 12.2 Å². The Bertz CT molecular complexity index is 750. The molecule has 0 aromatic carbocycles. The van der Waals surface area contributed by atoms with Gasteiger partial charge in [-0.15, -0.1) is 0 Å². The number of ether oxygens (including phenoxy) is 2. The van der Waals surface area contributed by atoms with Crippen LogP contribution in [0.2, 0.25) is 0 Å². The van der Waals surface area contributed by atoms with Crippen molar-refractivity contribution >= 4 is 5.97 Å². The van der Waals surface area contributed by atoms with E-state index in [1.54, 1.807) is 0 Å². The van der Waals surface area contributed by atoms with E-state index in [0.29, 0.717) is 17.9 Å². The number of carbonyl (C=O) groups is 1. The van der Waals surface area contributed by atoms with E-state index in [-0.39, 0.29) is 18.2 Å². The molecule has 5 unspecified atom stereocenters. The number of hydrogen-bond acceptors (Lipinski definition) is 3. The van der Waals surface area contributed by atoms with Gasteiger partial charge in [0.25, 0.3) is 0 Å². The molecule has 3 nitrogen and oxygen atoms in total. The molecule has 1 fully saturated rings. The fraction of sp³-hybridized carbons (Fsp3) is 0.536. The highest BCUT2D eigenvalue weighted by atomic mass is 16.5. The molecule has 0 N–H and O–H groups in total. The van der Waals surface area contributed by atoms with Crippen molar-refractivity contribution in [3.63, 3.8) is 0 Å². The molecular weight excluding hydrogens is 384 g/mol. The summed E-state index contributed by atoms with van der Waals surface area (Å²) < 4.78 is 11.5. The summed E-state index contributed by atoms with van der Waals surface area (Å²) in [4.78, 5) is 11.3. The summed E-state index contributed by atoms with van der Waals surface area (Å²) in [6.45, 7) is 10.9. The number of esters is 1. The van der Waals surface area contributed by atoms with Crippen molar-refractivity contribution in [3.05, 3.63) is 71.9 Å². The zero-order chi connectivity index (χ0) is 22.6. The zero-order valence-corrected chi connectivity index (χ0v) is 19.9. The van der Waals surface area contributed by atoms with Crippen LogP contribution in [0.25, 0.3) is 0 Å². The van der Waals surface area contributed by atoms with Gasteiger partial charge in [-0.3, -0.25) is 0 Å². The molecule has 2 aliphatic heterocycles. The Morgan fingerprint density at radius 3 is 2.81 bits per heavy atom. The molecule has 0 radical (unpaired) electrons. The van der Waals surface area contributed by atoms with E-state index in [4.69, 9.17) is 9.47 Å². The predicted molar refractivity (Wildman–Crippen MR) is 130 cm³/mol. The smallest absolute Gasteiger partial charge is 0.331 e. The van der Waals surface area contributed by atoms with Gasteiger partial charge in [-0.05, 0) is 64.4 Å². The van der Waals surface area contributed by atoms with Crippen LogP contribution < -0.4 is 0 Å². The Balaban J connectivity index is 1.75. The number of cyclic esters (lactones) is 1. The van der Waals surface area contributed by atoms with Gasteiger partial charge in [0.2, 0.25) is 0 Å². The highest BCUT2D eigenvalue weighted by Crippen LogP contribution is 2.27. The molecule has 31 heavy (non-hydrogen) atoms. The van der Waals surface area contributed by atoms with Crippen molar-refractivity contribution in [1.82, 2.24) is 0 Å². The average Bonchev–Trinajstić information content (AvgIpc) is 2.72. The Morgan fingerprint density at radius 1 is 1.26 bits per heavy atom. The highest BCUT2D eigenvalue weighted by Gasteiger charge is 2.25. The molecule has 0 aromatic heterocycles. The molecule has 170 valence electrons. The molecule has 0 aromatic rings. The standard InChI is InChI=1S/C28H40O3/c1-6-10-27-24(5)16-18-25(30-27)12-8-7-11-21(2)19-23(4)20-22(3)15-17-26-13-9-14-28(29)31-26/h6-11,14-15,17,20,23-27H,12-13,16,18-19H2,1-5H3/b8-7+,10-6+,17-15+,21-11+,22-20-. The first kappa shape index (κ1) is 25.1. The molecule has 3 heteroatoms. The van der Waals surface area contributed by atoms with Gasteiger partial charge in [-0.2, -0.15) is 0 Å². The maximum Gasteiger partial charge on any atom is 0.331 e. The van der Waals surface area contributed by atoms with Crippen LogP contribution >= 0.6 is 0 Å². The molecule has 2 heterocycles. The van der Waals surface area contributed by atoms with Crippen molar-refractivity contribution in [2.45, 2.75) is 85.0 Å². The fourth-order valence-corrected chi connectivity index (χ4v) is 4.15. The van der Waals surface area contributed by atoms with Crippen LogP contribution in [0.4, 0.5) is 0 Å². The maximum absolute atomic E-state index is 11.3. The average molecular weight is 425 g/mol. The van der Waals surface area contributed by atoms with Gasteiger partial charge in [0, 0.05) is 12.5 Å². The van der Waals surface area contributed by atoms with Gasteiger partial charge in [0.15, 0.2) is 0 Å². The first-order chi connectivity index (χ1) is 14.9. The summed E-state index contributed by atoms with van der Waals surface area (Å²) >= 11 is 0. The summed E-state index contributed by atoms with van der Waals surface area (Å²) in [5, 5.41) is 0. The van der Waals surface area contributed by atoms with Crippen LogP contribution in [0.1, 0.15) is 66.7 Å². The predicted octanol–water partition coefficient (Wildman–Crippen LogP) is 7.04. The van der Waals surface area contributed by atoms with Crippen molar-refractivity contribution in [2.75, 3.05) is 0 Å². The summed E-state index contributed by atoms with van der Waals surface area (Å²) in [6, 6.07) is 0. The van der Waals surface area contributed by atoms with Crippen LogP contribution in [-0.2, 0) is 14.3 Å². The second kappa shape index (κ2) is 13.3. The van der Waals surface area contributed by atoms with Crippen LogP contribution in [0.15, 0.2) is 71.9 Å². The molecule has 2 aliphatic rings. The molecule has 0 aliphatic carbocycles. The summed E-state index contributed by atoms with van der Waals surface area (Å²) in [6.07, 6.45) is 26.2. The van der Waals surface area contributed by atoms with Crippen LogP contribution in [0, 0.1) is 11.8 Å². The summed E-state index contributed by atoms with van der Waals surface area (Å²) in [5.41, 5.74) is 2.56. The summed E-state index contributed by atoms with van der Waals surface area (Å²) in [7, 11) is 0. The van der Waals surface area contributed by atoms with Gasteiger partial charge in [0.05, 0.1) is 12.2 Å². The molecule has 0 spiro atoms. The van der Waals surface area contributed by atoms with Crippen molar-refractivity contribution < 1.29 is 14.3 Å². The quantitative estimate of drug-likeness (QED) is 0.226. The molecular formula is C28H40O3. The topological polar surface area (TPSA) is 35.5 Å². The Kier molecular flexibility index (Phi) is 10.8. The van der Waals surface area contributed by atoms with E-state index >= 15 is 0 Å². The monoisotopic (exact) mass is 424 g/mol. The second-order valence-corrected chi connectivity index (χ2v) is 9.04. The molecule has 2 rings (SSSR count). The van der Waals surface area contributed by atoms with Crippen LogP contribution in [0.5, 0.6) is 0 Å². The van der Waals surface area contributed by atoms with Gasteiger partial charge in [0.1, 0.15) is 6.10 Å². The first-order valence-electron chi connectivity index (χ1n) is 11.7. The van der Waals surface area contributed by atoms with Crippen molar-refractivity contribution in [2.24, 2.45) is 11.8 Å². The Labute approximate surface area is 189 Å². The van der Waals surface area contributed by atoms with Gasteiger partial charge >= 0.3 is 5.97 Å². The van der Waals surface area contributed by atoms with Crippen molar-refractivity contribution in [3.8, 4) is 0 Å². The zero-order valence-electron chi connectivity index (χ0n) is 19.9. The molecule has 0 amide bonds. The van der Waals surface area contributed by atoms with Crippen LogP contribution in [-0.4, -0.2) is 24.3 Å². The van der Waals surface area contributed by atoms with E-state index in [9.17, 15) is 4.79 Å². The van der Waals surface area contributed by atoms with E-state index in [2.05, 4.69) is 77.2 Å². The first-order valence-corrected chi connectivity index (χ1v) is 11.7. The number of rotatable bonds is 9. The van der Waals surface area contributed by atoms with Gasteiger partial charge < -0.3 is 9.47 Å². The minimum atomic E-state index is -0.257. The lowest BCUT2D eigenvalue weighted by Gasteiger charge is -2.32. The number of carbonyl (C=O) groups excluding carboxylic acids is 1. The van der Waals surface area contributed by atoms with E-state index in [1.165, 1.54) is 23.6 Å². The largest absolute Gasteiger partial charge is 0.455 e. The SMILES string of the molecule is C/C=C/C1OC(C/C=C/C=C(\C)CC(C)/C=C(C)\C=C\C2CC=CC(=O)O2)CCC1C. The van der Waals surface area contributed by atoms with E-state index in [0.717, 1.165) is 25.7 Å². The Morgan fingerprint density at radius 2 is 2.06 bits per heavy atom. The third-order valence-corrected chi connectivity index (χ3v) is 5.81. The van der Waals surface area contributed by atoms with Gasteiger partial charge in [-0.1, -0.05) is 73.6 Å². The third-order valence-electron chi connectivity index (χ3n) is 5.81.